The average Bonchev–Trinajstić information content (AvgIpc) is 3.78. The van der Waals surface area contributed by atoms with E-state index in [1.807, 2.05) is 86.7 Å². The molecule has 0 radical (unpaired) electrons. The van der Waals surface area contributed by atoms with Gasteiger partial charge in [-0.2, -0.15) is 0 Å². The number of para-hydroxylation sites is 2. The Labute approximate surface area is 268 Å². The quantitative estimate of drug-likeness (QED) is 0.262. The third-order valence-electron chi connectivity index (χ3n) is 10.3. The number of likely N-dealkylation sites (tertiary alicyclic amines) is 1. The molecule has 4 aromatic rings. The highest BCUT2D eigenvalue weighted by Gasteiger charge is 2.66. The molecule has 1 spiro atoms. The van der Waals surface area contributed by atoms with Gasteiger partial charge in [0.05, 0.1) is 54.0 Å². The van der Waals surface area contributed by atoms with Crippen LogP contribution in [0.2, 0.25) is 18.6 Å². The Hall–Kier alpha value is -4.03. The molecule has 2 saturated heterocycles. The van der Waals surface area contributed by atoms with Crippen LogP contribution in [0.4, 0.5) is 5.69 Å². The molecule has 3 aromatic carbocycles. The van der Waals surface area contributed by atoms with Crippen molar-refractivity contribution >= 4 is 36.7 Å². The molecule has 2 amide bonds. The number of aromatic amines is 1. The van der Waals surface area contributed by atoms with Crippen molar-refractivity contribution in [2.45, 2.75) is 69.1 Å². The van der Waals surface area contributed by atoms with Crippen LogP contribution in [0.3, 0.4) is 0 Å². The minimum atomic E-state index is -2.93. The molecule has 0 unspecified atom stereocenters. The number of benzene rings is 3. The molecule has 3 N–H and O–H groups in total. The Morgan fingerprint density at radius 3 is 2.48 bits per heavy atom. The molecule has 2 fully saturated rings. The first kappa shape index (κ1) is 30.6. The Bertz CT molecular complexity index is 1860. The van der Waals surface area contributed by atoms with Crippen molar-refractivity contribution in [1.82, 2.24) is 14.7 Å². The van der Waals surface area contributed by atoms with Crippen LogP contribution < -0.4 is 10.5 Å². The molecule has 3 aliphatic rings. The average molecular weight is 641 g/mol. The van der Waals surface area contributed by atoms with Crippen LogP contribution in [0.5, 0.6) is 0 Å². The van der Waals surface area contributed by atoms with Gasteiger partial charge in [-0.1, -0.05) is 49.4 Å². The molecule has 240 valence electrons. The number of carbonyl (C=O) groups is 2. The summed E-state index contributed by atoms with van der Waals surface area (Å²) < 4.78 is 8.33. The van der Waals surface area contributed by atoms with Crippen molar-refractivity contribution in [2.24, 2.45) is 5.92 Å². The molecule has 1 aromatic heterocycles. The number of aromatic nitrogens is 2. The maximum Gasteiger partial charge on any atom is 0.279 e. The van der Waals surface area contributed by atoms with Gasteiger partial charge in [0.25, 0.3) is 11.5 Å². The van der Waals surface area contributed by atoms with Crippen LogP contribution in [-0.4, -0.2) is 70.0 Å². The van der Waals surface area contributed by atoms with Gasteiger partial charge < -0.3 is 24.4 Å². The molecule has 7 rings (SSSR count). The first-order valence-corrected chi connectivity index (χ1v) is 19.1. The number of aliphatic hydroxyl groups excluding tert-OH is 1. The first-order chi connectivity index (χ1) is 22.0. The zero-order valence-corrected chi connectivity index (χ0v) is 27.3. The van der Waals surface area contributed by atoms with Crippen LogP contribution in [-0.2, 0) is 26.5 Å². The summed E-state index contributed by atoms with van der Waals surface area (Å²) in [5.41, 5.74) is 2.00. The number of hydrogen-bond acceptors (Lipinski definition) is 6. The van der Waals surface area contributed by atoms with E-state index in [2.05, 4.69) is 5.10 Å². The molecule has 0 aliphatic carbocycles. The fraction of sp³-hybridized carbons (Fsp3) is 0.400. The molecule has 46 heavy (non-hydrogen) atoms. The predicted octanol–water partition coefficient (Wildman–Crippen LogP) is 4.04. The maximum absolute atomic E-state index is 14.6. The molecular formula is C35H40N4O6Si. The second-order valence-electron chi connectivity index (χ2n) is 13.5. The van der Waals surface area contributed by atoms with Crippen molar-refractivity contribution in [2.75, 3.05) is 18.1 Å². The van der Waals surface area contributed by atoms with Crippen molar-refractivity contribution in [3.8, 4) is 5.69 Å². The van der Waals surface area contributed by atoms with E-state index in [1.54, 1.807) is 15.9 Å². The Morgan fingerprint density at radius 1 is 1.04 bits per heavy atom. The number of carbonyl (C=O) groups excluding carboxylic acids is 2. The Kier molecular flexibility index (Phi) is 7.55. The minimum absolute atomic E-state index is 0.0499. The van der Waals surface area contributed by atoms with Gasteiger partial charge in [-0.3, -0.25) is 19.5 Å². The van der Waals surface area contributed by atoms with Crippen LogP contribution in [0.1, 0.15) is 37.3 Å². The van der Waals surface area contributed by atoms with Gasteiger partial charge >= 0.3 is 0 Å². The monoisotopic (exact) mass is 640 g/mol. The highest BCUT2D eigenvalue weighted by atomic mass is 28.4. The second-order valence-corrected chi connectivity index (χ2v) is 17.5. The number of anilines is 1. The van der Waals surface area contributed by atoms with E-state index in [-0.39, 0.29) is 54.4 Å². The summed E-state index contributed by atoms with van der Waals surface area (Å²) in [6, 6.07) is 22.3. The van der Waals surface area contributed by atoms with E-state index >= 15 is 0 Å². The molecule has 0 bridgehead atoms. The highest BCUT2D eigenvalue weighted by Crippen LogP contribution is 2.59. The number of nitrogens with one attached hydrogen (secondary N) is 1. The van der Waals surface area contributed by atoms with E-state index in [0.717, 1.165) is 35.2 Å². The van der Waals surface area contributed by atoms with Gasteiger partial charge in [-0.15, -0.1) is 0 Å². The largest absolute Gasteiger partial charge is 0.432 e. The van der Waals surface area contributed by atoms with E-state index in [4.69, 9.17) is 4.74 Å². The Balaban J connectivity index is 1.19. The molecule has 4 heterocycles. The number of nitrogens with zero attached hydrogens (tertiary/aromatic N) is 3. The third-order valence-corrected chi connectivity index (χ3v) is 12.8. The molecule has 0 saturated carbocycles. The number of rotatable bonds is 7. The number of ether oxygens (including phenoxy) is 1. The van der Waals surface area contributed by atoms with E-state index in [1.165, 1.54) is 4.68 Å². The number of fused-ring (bicyclic) bond motifs is 3. The fourth-order valence-electron chi connectivity index (χ4n) is 8.21. The summed E-state index contributed by atoms with van der Waals surface area (Å²) in [6.07, 6.45) is 1.01. The zero-order chi connectivity index (χ0) is 32.4. The van der Waals surface area contributed by atoms with Crippen molar-refractivity contribution in [1.29, 1.82) is 0 Å². The lowest BCUT2D eigenvalue weighted by atomic mass is 9.82. The van der Waals surface area contributed by atoms with Crippen LogP contribution in [0, 0.1) is 5.92 Å². The maximum atomic E-state index is 14.6. The molecule has 10 nitrogen and oxygen atoms in total. The smallest absolute Gasteiger partial charge is 0.279 e. The summed E-state index contributed by atoms with van der Waals surface area (Å²) in [4.78, 5) is 56.2. The minimum Gasteiger partial charge on any atom is -0.432 e. The number of amides is 2. The van der Waals surface area contributed by atoms with Crippen LogP contribution in [0.25, 0.3) is 16.6 Å². The summed E-state index contributed by atoms with van der Waals surface area (Å²) in [5, 5.41) is 13.6. The van der Waals surface area contributed by atoms with Gasteiger partial charge in [0.15, 0.2) is 13.9 Å². The predicted molar refractivity (Wildman–Crippen MR) is 177 cm³/mol. The van der Waals surface area contributed by atoms with Crippen molar-refractivity contribution in [3.05, 3.63) is 94.3 Å². The van der Waals surface area contributed by atoms with Gasteiger partial charge in [-0.25, -0.2) is 4.68 Å². The zero-order valence-electron chi connectivity index (χ0n) is 26.3. The number of aliphatic hydroxyl groups is 1. The van der Waals surface area contributed by atoms with Gasteiger partial charge in [0.1, 0.15) is 0 Å². The summed E-state index contributed by atoms with van der Waals surface area (Å²) >= 11 is 0. The SMILES string of the molecule is C[C@@H]1[C@@H]([Si](C)(C)O)[C@H](CC(=O)N2CCC[C@H]2CO)O[C@@]12C(=O)N(Cc1ccc(-n3[nH]c4ccccc4c3=O)cc1)c1ccccc12. The van der Waals surface area contributed by atoms with Crippen LogP contribution in [0.15, 0.2) is 77.6 Å². The Morgan fingerprint density at radius 2 is 1.76 bits per heavy atom. The summed E-state index contributed by atoms with van der Waals surface area (Å²) in [6.45, 7) is 6.47. The fourth-order valence-corrected chi connectivity index (χ4v) is 10.8. The topological polar surface area (TPSA) is 128 Å². The first-order valence-electron chi connectivity index (χ1n) is 16.1. The van der Waals surface area contributed by atoms with Gasteiger partial charge in [-0.05, 0) is 61.8 Å². The van der Waals surface area contributed by atoms with Crippen LogP contribution >= 0.6 is 0 Å². The normalized spacial score (nSPS) is 26.1. The lowest BCUT2D eigenvalue weighted by Gasteiger charge is -2.32. The standard InChI is InChI=1S/C35H40N4O6Si/c1-22-32(46(2,3)44)30(19-31(41)37-18-8-9-25(37)21-40)45-35(22)27-11-5-7-13-29(27)38(34(35)43)20-23-14-16-24(17-15-23)39-33(42)26-10-4-6-12-28(26)36-39/h4-7,10-17,22,25,30,32,36,40,44H,8-9,18-21H2,1-3H3/t22-,25+,30+,32-,35+/m1/s1. The lowest BCUT2D eigenvalue weighted by molar-refractivity contribution is -0.150. The van der Waals surface area contributed by atoms with E-state index < -0.39 is 20.0 Å². The van der Waals surface area contributed by atoms with E-state index in [0.29, 0.717) is 17.6 Å². The van der Waals surface area contributed by atoms with Gasteiger partial charge in [0.2, 0.25) is 5.91 Å². The summed E-state index contributed by atoms with van der Waals surface area (Å²) in [7, 11) is -2.93. The van der Waals surface area contributed by atoms with Crippen molar-refractivity contribution in [3.63, 3.8) is 0 Å². The summed E-state index contributed by atoms with van der Waals surface area (Å²) in [5.74, 6) is -0.692. The molecule has 11 heteroatoms. The molecule has 5 atom stereocenters. The molecule has 3 aliphatic heterocycles. The number of hydrogen-bond donors (Lipinski definition) is 3. The van der Waals surface area contributed by atoms with E-state index in [9.17, 15) is 24.3 Å². The lowest BCUT2D eigenvalue weighted by Crippen LogP contribution is -2.46. The number of H-pyrrole nitrogens is 1. The third kappa shape index (κ3) is 4.76. The second kappa shape index (κ2) is 11.3. The van der Waals surface area contributed by atoms with Gasteiger partial charge in [0, 0.05) is 23.6 Å². The van der Waals surface area contributed by atoms with Crippen molar-refractivity contribution < 1.29 is 24.2 Å². The highest BCUT2D eigenvalue weighted by molar-refractivity contribution is 6.71. The molecular weight excluding hydrogens is 600 g/mol.